The summed E-state index contributed by atoms with van der Waals surface area (Å²) in [6, 6.07) is 3.29. The van der Waals surface area contributed by atoms with E-state index in [2.05, 4.69) is 49.0 Å². The van der Waals surface area contributed by atoms with Gasteiger partial charge in [-0.05, 0) is 30.9 Å². The third-order valence-electron chi connectivity index (χ3n) is 4.16. The molecule has 1 fully saturated rings. The molecule has 0 aliphatic carbocycles. The zero-order valence-corrected chi connectivity index (χ0v) is 12.7. The fourth-order valence-corrected chi connectivity index (χ4v) is 3.01. The normalized spacial score (nSPS) is 23.9. The lowest BCUT2D eigenvalue weighted by molar-refractivity contribution is 0.327. The van der Waals surface area contributed by atoms with Crippen molar-refractivity contribution in [3.8, 4) is 0 Å². The molecule has 2 unspecified atom stereocenters. The summed E-state index contributed by atoms with van der Waals surface area (Å²) in [4.78, 5) is 6.90. The summed E-state index contributed by atoms with van der Waals surface area (Å²) in [5, 5.41) is 3.71. The average Bonchev–Trinajstić information content (AvgIpc) is 2.39. The van der Waals surface area contributed by atoms with E-state index in [4.69, 9.17) is 0 Å². The Hall–Kier alpha value is -1.09. The van der Waals surface area contributed by atoms with Crippen molar-refractivity contribution in [3.05, 3.63) is 24.0 Å². The molecule has 1 aromatic heterocycles. The number of aromatic nitrogens is 1. The van der Waals surface area contributed by atoms with Gasteiger partial charge in [-0.25, -0.2) is 0 Å². The van der Waals surface area contributed by atoms with Gasteiger partial charge >= 0.3 is 0 Å². The molecule has 0 bridgehead atoms. The highest BCUT2D eigenvalue weighted by molar-refractivity contribution is 5.52. The van der Waals surface area contributed by atoms with E-state index in [9.17, 15) is 0 Å². The van der Waals surface area contributed by atoms with Crippen LogP contribution in [-0.4, -0.2) is 30.2 Å². The molecule has 2 heterocycles. The van der Waals surface area contributed by atoms with Crippen LogP contribution in [0.5, 0.6) is 0 Å². The van der Waals surface area contributed by atoms with Gasteiger partial charge in [-0.2, -0.15) is 0 Å². The van der Waals surface area contributed by atoms with Crippen LogP contribution in [0.25, 0.3) is 0 Å². The minimum absolute atomic E-state index is 0.566. The lowest BCUT2D eigenvalue weighted by Gasteiger charge is -2.44. The third-order valence-corrected chi connectivity index (χ3v) is 4.16. The summed E-state index contributed by atoms with van der Waals surface area (Å²) in [5.74, 6) is 0.648. The number of piperazine rings is 1. The molecule has 2 atom stereocenters. The Labute approximate surface area is 117 Å². The zero-order chi connectivity index (χ0) is 13.8. The van der Waals surface area contributed by atoms with Crippen LogP contribution in [0.15, 0.2) is 18.5 Å². The maximum Gasteiger partial charge on any atom is 0.0586 e. The van der Waals surface area contributed by atoms with Gasteiger partial charge in [-0.1, -0.05) is 27.2 Å². The van der Waals surface area contributed by atoms with E-state index in [1.807, 2.05) is 12.4 Å². The first-order valence-electron chi connectivity index (χ1n) is 7.54. The van der Waals surface area contributed by atoms with E-state index in [-0.39, 0.29) is 0 Å². The Balaban J connectivity index is 2.23. The van der Waals surface area contributed by atoms with Gasteiger partial charge in [0.1, 0.15) is 0 Å². The summed E-state index contributed by atoms with van der Waals surface area (Å²) in [6.45, 7) is 11.2. The molecule has 1 aliphatic rings. The average molecular weight is 261 g/mol. The van der Waals surface area contributed by atoms with Gasteiger partial charge in [0.15, 0.2) is 0 Å². The van der Waals surface area contributed by atoms with Crippen molar-refractivity contribution in [2.24, 2.45) is 5.92 Å². The van der Waals surface area contributed by atoms with Crippen molar-refractivity contribution in [3.63, 3.8) is 0 Å². The number of hydrogen-bond acceptors (Lipinski definition) is 3. The molecule has 3 heteroatoms. The summed E-state index contributed by atoms with van der Waals surface area (Å²) >= 11 is 0. The summed E-state index contributed by atoms with van der Waals surface area (Å²) in [5.41, 5.74) is 2.64. The first-order chi connectivity index (χ1) is 9.13. The van der Waals surface area contributed by atoms with Crippen molar-refractivity contribution < 1.29 is 0 Å². The molecule has 1 N–H and O–H groups in total. The number of rotatable bonds is 4. The molecule has 3 nitrogen and oxygen atoms in total. The fourth-order valence-electron chi connectivity index (χ4n) is 3.01. The highest BCUT2D eigenvalue weighted by atomic mass is 15.2. The van der Waals surface area contributed by atoms with Crippen LogP contribution < -0.4 is 10.2 Å². The zero-order valence-electron chi connectivity index (χ0n) is 12.7. The smallest absolute Gasteiger partial charge is 0.0586 e. The molecule has 1 aromatic rings. The Morgan fingerprint density at radius 3 is 2.89 bits per heavy atom. The van der Waals surface area contributed by atoms with E-state index < -0.39 is 0 Å². The Morgan fingerprint density at radius 2 is 2.26 bits per heavy atom. The second-order valence-corrected chi connectivity index (χ2v) is 6.02. The van der Waals surface area contributed by atoms with Crippen LogP contribution >= 0.6 is 0 Å². The number of hydrogen-bond donors (Lipinski definition) is 1. The second kappa shape index (κ2) is 6.38. The van der Waals surface area contributed by atoms with E-state index in [1.165, 1.54) is 24.1 Å². The standard InChI is InChI=1S/C16H27N3/c1-5-6-14-11-19(15(10-18-14)12(2)3)16-9-17-8-7-13(16)4/h7-9,12,14-15,18H,5-6,10-11H2,1-4H3. The lowest BCUT2D eigenvalue weighted by atomic mass is 9.96. The molecule has 0 radical (unpaired) electrons. The van der Waals surface area contributed by atoms with Gasteiger partial charge < -0.3 is 10.2 Å². The van der Waals surface area contributed by atoms with Crippen LogP contribution in [0.3, 0.4) is 0 Å². The first-order valence-corrected chi connectivity index (χ1v) is 7.54. The monoisotopic (exact) mass is 261 g/mol. The van der Waals surface area contributed by atoms with Crippen LogP contribution in [0.2, 0.25) is 0 Å². The van der Waals surface area contributed by atoms with Gasteiger partial charge in [-0.3, -0.25) is 4.98 Å². The number of anilines is 1. The van der Waals surface area contributed by atoms with Crippen LogP contribution in [-0.2, 0) is 0 Å². The molecule has 106 valence electrons. The summed E-state index contributed by atoms with van der Waals surface area (Å²) in [6.07, 6.45) is 6.40. The van der Waals surface area contributed by atoms with Crippen LogP contribution in [0.4, 0.5) is 5.69 Å². The van der Waals surface area contributed by atoms with Crippen LogP contribution in [0, 0.1) is 12.8 Å². The quantitative estimate of drug-likeness (QED) is 0.903. The maximum atomic E-state index is 4.32. The molecule has 1 aliphatic heterocycles. The van der Waals surface area contributed by atoms with Crippen molar-refractivity contribution >= 4 is 5.69 Å². The van der Waals surface area contributed by atoms with Gasteiger partial charge in [0.05, 0.1) is 11.9 Å². The molecule has 0 amide bonds. The van der Waals surface area contributed by atoms with E-state index >= 15 is 0 Å². The van der Waals surface area contributed by atoms with Gasteiger partial charge in [0.25, 0.3) is 0 Å². The SMILES string of the molecule is CCCC1CN(c2cnccc2C)C(C(C)C)CN1. The molecule has 1 saturated heterocycles. The topological polar surface area (TPSA) is 28.2 Å². The fraction of sp³-hybridized carbons (Fsp3) is 0.688. The van der Waals surface area contributed by atoms with Gasteiger partial charge in [0.2, 0.25) is 0 Å². The predicted molar refractivity (Wildman–Crippen MR) is 81.6 cm³/mol. The van der Waals surface area contributed by atoms with E-state index in [0.717, 1.165) is 13.1 Å². The number of pyridine rings is 1. The molecular weight excluding hydrogens is 234 g/mol. The number of nitrogens with zero attached hydrogens (tertiary/aromatic N) is 2. The largest absolute Gasteiger partial charge is 0.364 e. The highest BCUT2D eigenvalue weighted by Gasteiger charge is 2.30. The molecule has 0 spiro atoms. The molecular formula is C16H27N3. The van der Waals surface area contributed by atoms with Crippen molar-refractivity contribution in [2.75, 3.05) is 18.0 Å². The summed E-state index contributed by atoms with van der Waals surface area (Å²) in [7, 11) is 0. The Morgan fingerprint density at radius 1 is 1.47 bits per heavy atom. The first kappa shape index (κ1) is 14.3. The van der Waals surface area contributed by atoms with Crippen molar-refractivity contribution in [1.82, 2.24) is 10.3 Å². The van der Waals surface area contributed by atoms with Gasteiger partial charge in [-0.15, -0.1) is 0 Å². The van der Waals surface area contributed by atoms with E-state index in [0.29, 0.717) is 18.0 Å². The summed E-state index contributed by atoms with van der Waals surface area (Å²) < 4.78 is 0. The van der Waals surface area contributed by atoms with Gasteiger partial charge in [0, 0.05) is 31.4 Å². The predicted octanol–water partition coefficient (Wildman–Crippen LogP) is 2.99. The van der Waals surface area contributed by atoms with Crippen LogP contribution in [0.1, 0.15) is 39.2 Å². The molecule has 2 rings (SSSR count). The van der Waals surface area contributed by atoms with Crippen molar-refractivity contribution in [1.29, 1.82) is 0 Å². The minimum atomic E-state index is 0.566. The minimum Gasteiger partial charge on any atom is -0.364 e. The Kier molecular flexibility index (Phi) is 4.81. The number of nitrogens with one attached hydrogen (secondary N) is 1. The molecule has 19 heavy (non-hydrogen) atoms. The third kappa shape index (κ3) is 3.27. The maximum absolute atomic E-state index is 4.32. The highest BCUT2D eigenvalue weighted by Crippen LogP contribution is 2.26. The molecule has 0 saturated carbocycles. The Bertz CT molecular complexity index is 403. The number of aryl methyl sites for hydroxylation is 1. The van der Waals surface area contributed by atoms with E-state index in [1.54, 1.807) is 0 Å². The lowest BCUT2D eigenvalue weighted by Crippen LogP contribution is -2.58. The molecule has 0 aromatic carbocycles. The second-order valence-electron chi connectivity index (χ2n) is 6.02. The van der Waals surface area contributed by atoms with Crippen molar-refractivity contribution in [2.45, 2.75) is 52.6 Å².